The number of nitrogens with zero attached hydrogens (tertiary/aromatic N) is 2. The quantitative estimate of drug-likeness (QED) is 0.832. The van der Waals surface area contributed by atoms with E-state index in [1.165, 1.54) is 0 Å². The topological polar surface area (TPSA) is 61.9 Å². The van der Waals surface area contributed by atoms with Crippen LogP contribution in [0.5, 0.6) is 0 Å². The number of rotatable bonds is 4. The lowest BCUT2D eigenvalue weighted by Crippen LogP contribution is -2.55. The number of ether oxygens (including phenoxy) is 1. The number of para-hydroxylation sites is 1. The van der Waals surface area contributed by atoms with Crippen molar-refractivity contribution >= 4 is 17.5 Å². The Hall–Kier alpha value is -1.92. The minimum absolute atomic E-state index is 0.0324. The van der Waals surface area contributed by atoms with Crippen LogP contribution in [0.1, 0.15) is 24.8 Å². The zero-order chi connectivity index (χ0) is 17.6. The van der Waals surface area contributed by atoms with Gasteiger partial charge in [0.25, 0.3) is 5.91 Å². The van der Waals surface area contributed by atoms with Crippen molar-refractivity contribution in [2.45, 2.75) is 30.8 Å². The first-order chi connectivity index (χ1) is 12.1. The number of methoxy groups -OCH3 is 1. The first kappa shape index (κ1) is 16.5. The van der Waals surface area contributed by atoms with Gasteiger partial charge in [-0.3, -0.25) is 14.5 Å². The van der Waals surface area contributed by atoms with E-state index in [9.17, 15) is 9.59 Å². The summed E-state index contributed by atoms with van der Waals surface area (Å²) in [7, 11) is 3.43. The SMILES string of the molecule is COCCNC(=O)C1CC2CCCN2C12C(=O)N(C)c1ccccc12. The smallest absolute Gasteiger partial charge is 0.252 e. The van der Waals surface area contributed by atoms with Crippen LogP contribution in [0.3, 0.4) is 0 Å². The maximum Gasteiger partial charge on any atom is 0.252 e. The van der Waals surface area contributed by atoms with Gasteiger partial charge in [0, 0.05) is 38.0 Å². The molecule has 1 spiro atoms. The third-order valence-corrected chi connectivity index (χ3v) is 6.07. The molecule has 2 amide bonds. The number of amides is 2. The van der Waals surface area contributed by atoms with Crippen LogP contribution in [-0.2, 0) is 19.9 Å². The van der Waals surface area contributed by atoms with E-state index in [-0.39, 0.29) is 17.7 Å². The van der Waals surface area contributed by atoms with E-state index in [1.807, 2.05) is 31.3 Å². The molecule has 6 nitrogen and oxygen atoms in total. The summed E-state index contributed by atoms with van der Waals surface area (Å²) in [6.45, 7) is 1.82. The summed E-state index contributed by atoms with van der Waals surface area (Å²) in [5.74, 6) is -0.358. The van der Waals surface area contributed by atoms with Crippen molar-refractivity contribution in [3.05, 3.63) is 29.8 Å². The molecule has 0 radical (unpaired) electrons. The van der Waals surface area contributed by atoms with Crippen molar-refractivity contribution in [2.24, 2.45) is 5.92 Å². The standard InChI is InChI=1S/C19H25N3O3/c1-21-16-8-4-3-7-14(16)19(18(21)24)15(17(23)20-9-11-25-2)12-13-6-5-10-22(13)19/h3-4,7-8,13,15H,5-6,9-12H2,1-2H3,(H,20,23). The minimum atomic E-state index is -0.844. The number of benzene rings is 1. The highest BCUT2D eigenvalue weighted by atomic mass is 16.5. The van der Waals surface area contributed by atoms with Gasteiger partial charge in [-0.1, -0.05) is 18.2 Å². The van der Waals surface area contributed by atoms with Gasteiger partial charge in [0.15, 0.2) is 0 Å². The fourth-order valence-corrected chi connectivity index (χ4v) is 5.07. The molecule has 0 saturated carbocycles. The van der Waals surface area contributed by atoms with E-state index in [2.05, 4.69) is 10.2 Å². The molecule has 0 aliphatic carbocycles. The summed E-state index contributed by atoms with van der Waals surface area (Å²) in [4.78, 5) is 30.5. The Bertz CT molecular complexity index is 707. The van der Waals surface area contributed by atoms with E-state index >= 15 is 0 Å². The van der Waals surface area contributed by atoms with Gasteiger partial charge in [-0.25, -0.2) is 0 Å². The number of carbonyl (C=O) groups is 2. The molecule has 3 atom stereocenters. The van der Waals surface area contributed by atoms with Crippen molar-refractivity contribution in [2.75, 3.05) is 38.8 Å². The molecule has 3 aliphatic heterocycles. The first-order valence-electron chi connectivity index (χ1n) is 9.03. The van der Waals surface area contributed by atoms with Crippen LogP contribution < -0.4 is 10.2 Å². The maximum absolute atomic E-state index is 13.5. The van der Waals surface area contributed by atoms with Gasteiger partial charge in [-0.15, -0.1) is 0 Å². The molecular formula is C19H25N3O3. The van der Waals surface area contributed by atoms with Gasteiger partial charge >= 0.3 is 0 Å². The summed E-state index contributed by atoms with van der Waals surface area (Å²) in [5.41, 5.74) is 1.07. The van der Waals surface area contributed by atoms with Crippen LogP contribution in [0.25, 0.3) is 0 Å². The summed E-state index contributed by atoms with van der Waals surface area (Å²) in [6, 6.07) is 8.22. The lowest BCUT2D eigenvalue weighted by Gasteiger charge is -2.37. The molecule has 1 aromatic carbocycles. The lowest BCUT2D eigenvalue weighted by atomic mass is 9.78. The van der Waals surface area contributed by atoms with Gasteiger partial charge in [-0.05, 0) is 31.9 Å². The van der Waals surface area contributed by atoms with Gasteiger partial charge in [0.2, 0.25) is 5.91 Å². The number of carbonyl (C=O) groups excluding carboxylic acids is 2. The highest BCUT2D eigenvalue weighted by Crippen LogP contribution is 2.56. The zero-order valence-electron chi connectivity index (χ0n) is 14.8. The van der Waals surface area contributed by atoms with Crippen molar-refractivity contribution in [3.63, 3.8) is 0 Å². The second-order valence-electron chi connectivity index (χ2n) is 7.21. The normalized spacial score (nSPS) is 30.8. The number of hydrogen-bond acceptors (Lipinski definition) is 4. The van der Waals surface area contributed by atoms with E-state index in [1.54, 1.807) is 12.0 Å². The van der Waals surface area contributed by atoms with E-state index in [4.69, 9.17) is 4.74 Å². The Morgan fingerprint density at radius 2 is 2.20 bits per heavy atom. The molecule has 2 saturated heterocycles. The van der Waals surface area contributed by atoms with Crippen molar-refractivity contribution < 1.29 is 14.3 Å². The second kappa shape index (κ2) is 6.11. The molecular weight excluding hydrogens is 318 g/mol. The maximum atomic E-state index is 13.5. The molecule has 134 valence electrons. The van der Waals surface area contributed by atoms with Crippen LogP contribution in [0, 0.1) is 5.92 Å². The fourth-order valence-electron chi connectivity index (χ4n) is 5.07. The Labute approximate surface area is 148 Å². The van der Waals surface area contributed by atoms with Crippen LogP contribution in [0.4, 0.5) is 5.69 Å². The predicted octanol–water partition coefficient (Wildman–Crippen LogP) is 1.11. The van der Waals surface area contributed by atoms with E-state index in [0.717, 1.165) is 37.1 Å². The molecule has 3 unspecified atom stereocenters. The molecule has 3 heterocycles. The summed E-state index contributed by atoms with van der Waals surface area (Å²) >= 11 is 0. The second-order valence-corrected chi connectivity index (χ2v) is 7.21. The van der Waals surface area contributed by atoms with E-state index < -0.39 is 5.54 Å². The largest absolute Gasteiger partial charge is 0.383 e. The molecule has 4 rings (SSSR count). The highest BCUT2D eigenvalue weighted by Gasteiger charge is 2.66. The summed E-state index contributed by atoms with van der Waals surface area (Å²) in [5, 5.41) is 2.97. The molecule has 6 heteroatoms. The zero-order valence-corrected chi connectivity index (χ0v) is 14.8. The Morgan fingerprint density at radius 3 is 3.00 bits per heavy atom. The molecule has 0 aromatic heterocycles. The van der Waals surface area contributed by atoms with Gasteiger partial charge in [0.05, 0.1) is 12.5 Å². The number of likely N-dealkylation sites (N-methyl/N-ethyl adjacent to an activating group) is 1. The average Bonchev–Trinajstić information content (AvgIpc) is 3.26. The van der Waals surface area contributed by atoms with Gasteiger partial charge in [-0.2, -0.15) is 0 Å². The Morgan fingerprint density at radius 1 is 1.40 bits per heavy atom. The molecule has 3 aliphatic rings. The molecule has 1 N–H and O–H groups in total. The predicted molar refractivity (Wildman–Crippen MR) is 94.3 cm³/mol. The van der Waals surface area contributed by atoms with Crippen LogP contribution in [0.15, 0.2) is 24.3 Å². The van der Waals surface area contributed by atoms with E-state index in [0.29, 0.717) is 19.2 Å². The monoisotopic (exact) mass is 343 g/mol. The Balaban J connectivity index is 1.78. The molecule has 2 fully saturated rings. The number of nitrogens with one attached hydrogen (secondary N) is 1. The fraction of sp³-hybridized carbons (Fsp3) is 0.579. The first-order valence-corrected chi connectivity index (χ1v) is 9.03. The van der Waals surface area contributed by atoms with Crippen molar-refractivity contribution in [3.8, 4) is 0 Å². The molecule has 0 bridgehead atoms. The number of hydrogen-bond donors (Lipinski definition) is 1. The third-order valence-electron chi connectivity index (χ3n) is 6.07. The molecule has 25 heavy (non-hydrogen) atoms. The third kappa shape index (κ3) is 2.17. The highest BCUT2D eigenvalue weighted by molar-refractivity contribution is 6.10. The average molecular weight is 343 g/mol. The minimum Gasteiger partial charge on any atom is -0.383 e. The van der Waals surface area contributed by atoms with Crippen LogP contribution >= 0.6 is 0 Å². The van der Waals surface area contributed by atoms with Crippen molar-refractivity contribution in [1.82, 2.24) is 10.2 Å². The van der Waals surface area contributed by atoms with Crippen LogP contribution in [-0.4, -0.2) is 56.6 Å². The Kier molecular flexibility index (Phi) is 4.04. The molecule has 1 aromatic rings. The van der Waals surface area contributed by atoms with Gasteiger partial charge < -0.3 is 15.0 Å². The number of fused-ring (bicyclic) bond motifs is 4. The number of anilines is 1. The summed E-state index contributed by atoms with van der Waals surface area (Å²) < 4.78 is 5.04. The summed E-state index contributed by atoms with van der Waals surface area (Å²) in [6.07, 6.45) is 2.89. The van der Waals surface area contributed by atoms with Crippen LogP contribution in [0.2, 0.25) is 0 Å². The van der Waals surface area contributed by atoms with Gasteiger partial charge in [0.1, 0.15) is 5.54 Å². The lowest BCUT2D eigenvalue weighted by molar-refractivity contribution is -0.138. The van der Waals surface area contributed by atoms with Crippen molar-refractivity contribution in [1.29, 1.82) is 0 Å².